The van der Waals surface area contributed by atoms with Crippen LogP contribution in [0.5, 0.6) is 0 Å². The van der Waals surface area contributed by atoms with Gasteiger partial charge in [-0.15, -0.1) is 11.3 Å². The normalized spacial score (nSPS) is 12.2. The van der Waals surface area contributed by atoms with Crippen molar-refractivity contribution in [2.75, 3.05) is 14.1 Å². The van der Waals surface area contributed by atoms with E-state index in [0.29, 0.717) is 12.3 Å². The van der Waals surface area contributed by atoms with Crippen LogP contribution >= 0.6 is 27.3 Å². The van der Waals surface area contributed by atoms with Crippen LogP contribution in [0, 0.1) is 0 Å². The van der Waals surface area contributed by atoms with Crippen molar-refractivity contribution in [2.24, 2.45) is 0 Å². The number of furan rings is 1. The van der Waals surface area contributed by atoms with Gasteiger partial charge in [0.25, 0.3) is 0 Å². The van der Waals surface area contributed by atoms with Crippen LogP contribution in [0.2, 0.25) is 0 Å². The average Bonchev–Trinajstić information content (AvgIpc) is 2.99. The van der Waals surface area contributed by atoms with Crippen LogP contribution < -0.4 is 5.32 Å². The van der Waals surface area contributed by atoms with Crippen molar-refractivity contribution in [2.45, 2.75) is 18.0 Å². The SMILES string of the molecule is CNCc1cc(S(=O)(=O)N(C)Cc2cscn2)c(Br)o1. The number of rotatable bonds is 6. The van der Waals surface area contributed by atoms with Crippen molar-refractivity contribution in [3.8, 4) is 0 Å². The predicted octanol–water partition coefficient (Wildman–Crippen LogP) is 2.04. The molecule has 0 aliphatic rings. The van der Waals surface area contributed by atoms with E-state index in [1.807, 2.05) is 5.38 Å². The molecular weight excluding hydrogens is 366 g/mol. The van der Waals surface area contributed by atoms with Crippen LogP contribution in [-0.2, 0) is 23.1 Å². The molecule has 0 saturated heterocycles. The first-order valence-electron chi connectivity index (χ1n) is 5.71. The minimum atomic E-state index is -3.61. The molecule has 0 saturated carbocycles. The van der Waals surface area contributed by atoms with Crippen LogP contribution in [0.4, 0.5) is 0 Å². The molecule has 2 rings (SSSR count). The highest BCUT2D eigenvalue weighted by Crippen LogP contribution is 2.28. The highest BCUT2D eigenvalue weighted by atomic mass is 79.9. The van der Waals surface area contributed by atoms with Crippen LogP contribution in [0.3, 0.4) is 0 Å². The number of hydrogen-bond acceptors (Lipinski definition) is 6. The lowest BCUT2D eigenvalue weighted by atomic mass is 10.4. The molecule has 0 radical (unpaired) electrons. The summed E-state index contributed by atoms with van der Waals surface area (Å²) in [6, 6.07) is 1.52. The van der Waals surface area contributed by atoms with Crippen molar-refractivity contribution in [3.63, 3.8) is 0 Å². The fourth-order valence-electron chi connectivity index (χ4n) is 1.63. The first-order valence-corrected chi connectivity index (χ1v) is 8.89. The Kier molecular flexibility index (Phi) is 4.97. The number of nitrogens with zero attached hydrogens (tertiary/aromatic N) is 2. The highest BCUT2D eigenvalue weighted by molar-refractivity contribution is 9.10. The van der Waals surface area contributed by atoms with E-state index in [1.54, 1.807) is 12.6 Å². The second kappa shape index (κ2) is 6.35. The molecule has 9 heteroatoms. The summed E-state index contributed by atoms with van der Waals surface area (Å²) in [7, 11) is -0.331. The molecule has 0 aliphatic carbocycles. The summed E-state index contributed by atoms with van der Waals surface area (Å²) in [6.07, 6.45) is 0. The molecule has 2 aromatic rings. The molecular formula is C11H14BrN3O3S2. The van der Waals surface area contributed by atoms with Gasteiger partial charge < -0.3 is 9.73 Å². The zero-order valence-corrected chi connectivity index (χ0v) is 14.2. The Balaban J connectivity index is 2.25. The van der Waals surface area contributed by atoms with Gasteiger partial charge in [0.15, 0.2) is 4.67 Å². The number of thiazole rings is 1. The number of aromatic nitrogens is 1. The van der Waals surface area contributed by atoms with E-state index in [1.165, 1.54) is 28.8 Å². The van der Waals surface area contributed by atoms with Crippen LogP contribution in [0.1, 0.15) is 11.5 Å². The Bertz CT molecular complexity index is 667. The van der Waals surface area contributed by atoms with Crippen molar-refractivity contribution < 1.29 is 12.8 Å². The Hall–Kier alpha value is -0.740. The number of nitrogens with one attached hydrogen (secondary N) is 1. The van der Waals surface area contributed by atoms with Gasteiger partial charge in [0.2, 0.25) is 10.0 Å². The summed E-state index contributed by atoms with van der Waals surface area (Å²) in [6.45, 7) is 0.689. The third-order valence-corrected chi connectivity index (χ3v) is 5.91. The second-order valence-electron chi connectivity index (χ2n) is 4.12. The van der Waals surface area contributed by atoms with E-state index in [4.69, 9.17) is 4.42 Å². The van der Waals surface area contributed by atoms with Crippen molar-refractivity contribution >= 4 is 37.3 Å². The third-order valence-electron chi connectivity index (χ3n) is 2.61. The predicted molar refractivity (Wildman–Crippen MR) is 79.9 cm³/mol. The number of halogens is 1. The summed E-state index contributed by atoms with van der Waals surface area (Å²) in [5, 5.41) is 4.73. The highest BCUT2D eigenvalue weighted by Gasteiger charge is 2.27. The van der Waals surface area contributed by atoms with E-state index in [0.717, 1.165) is 5.69 Å². The molecule has 2 aromatic heterocycles. The topological polar surface area (TPSA) is 75.4 Å². The maximum Gasteiger partial charge on any atom is 0.247 e. The lowest BCUT2D eigenvalue weighted by Crippen LogP contribution is -2.26. The maximum atomic E-state index is 12.5. The molecule has 2 heterocycles. The Morgan fingerprint density at radius 2 is 2.30 bits per heavy atom. The molecule has 0 spiro atoms. The van der Waals surface area contributed by atoms with Crippen LogP contribution in [-0.4, -0.2) is 31.8 Å². The third kappa shape index (κ3) is 3.29. The van der Waals surface area contributed by atoms with Gasteiger partial charge in [-0.1, -0.05) is 0 Å². The summed E-state index contributed by atoms with van der Waals surface area (Å²) < 4.78 is 31.8. The molecule has 6 nitrogen and oxygen atoms in total. The van der Waals surface area contributed by atoms with Crippen molar-refractivity contribution in [1.29, 1.82) is 0 Å². The zero-order chi connectivity index (χ0) is 14.8. The smallest absolute Gasteiger partial charge is 0.247 e. The quantitative estimate of drug-likeness (QED) is 0.830. The lowest BCUT2D eigenvalue weighted by Gasteiger charge is -2.14. The van der Waals surface area contributed by atoms with Gasteiger partial charge in [-0.3, -0.25) is 0 Å². The summed E-state index contributed by atoms with van der Waals surface area (Å²) >= 11 is 4.59. The monoisotopic (exact) mass is 379 g/mol. The first-order chi connectivity index (χ1) is 9.45. The van der Waals surface area contributed by atoms with Gasteiger partial charge in [-0.25, -0.2) is 13.4 Å². The first kappa shape index (κ1) is 15.6. The average molecular weight is 380 g/mol. The summed E-state index contributed by atoms with van der Waals surface area (Å²) in [5.74, 6) is 0.556. The number of sulfonamides is 1. The molecule has 0 fully saturated rings. The van der Waals surface area contributed by atoms with Crippen molar-refractivity contribution in [1.82, 2.24) is 14.6 Å². The zero-order valence-electron chi connectivity index (χ0n) is 11.0. The lowest BCUT2D eigenvalue weighted by molar-refractivity contribution is 0.452. The van der Waals surface area contributed by atoms with Gasteiger partial charge in [0, 0.05) is 18.5 Å². The molecule has 0 atom stereocenters. The maximum absolute atomic E-state index is 12.5. The minimum Gasteiger partial charge on any atom is -0.452 e. The largest absolute Gasteiger partial charge is 0.452 e. The minimum absolute atomic E-state index is 0.125. The fraction of sp³-hybridized carbons (Fsp3) is 0.364. The Labute approximate surface area is 130 Å². The van der Waals surface area contributed by atoms with E-state index in [2.05, 4.69) is 26.2 Å². The van der Waals surface area contributed by atoms with Gasteiger partial charge in [-0.05, 0) is 23.0 Å². The summed E-state index contributed by atoms with van der Waals surface area (Å²) in [5.41, 5.74) is 2.39. The van der Waals surface area contributed by atoms with Gasteiger partial charge in [0.1, 0.15) is 10.7 Å². The van der Waals surface area contributed by atoms with Crippen LogP contribution in [0.15, 0.2) is 30.9 Å². The van der Waals surface area contributed by atoms with E-state index in [-0.39, 0.29) is 16.1 Å². The molecule has 110 valence electrons. The molecule has 0 unspecified atom stereocenters. The molecule has 20 heavy (non-hydrogen) atoms. The number of hydrogen-bond donors (Lipinski definition) is 1. The molecule has 0 bridgehead atoms. The van der Waals surface area contributed by atoms with Gasteiger partial charge in [-0.2, -0.15) is 4.31 Å². The standard InChI is InChI=1S/C11H14BrN3O3S2/c1-13-4-9-3-10(11(12)18-9)20(16,17)15(2)5-8-6-19-7-14-8/h3,6-7,13H,4-5H2,1-2H3. The van der Waals surface area contributed by atoms with Crippen LogP contribution in [0.25, 0.3) is 0 Å². The van der Waals surface area contributed by atoms with E-state index < -0.39 is 10.0 Å². The molecule has 0 aliphatic heterocycles. The Morgan fingerprint density at radius 3 is 2.90 bits per heavy atom. The van der Waals surface area contributed by atoms with Crippen molar-refractivity contribution in [3.05, 3.63) is 33.1 Å². The van der Waals surface area contributed by atoms with Gasteiger partial charge >= 0.3 is 0 Å². The Morgan fingerprint density at radius 1 is 1.55 bits per heavy atom. The van der Waals surface area contributed by atoms with E-state index in [9.17, 15) is 8.42 Å². The molecule has 0 amide bonds. The molecule has 1 N–H and O–H groups in total. The summed E-state index contributed by atoms with van der Waals surface area (Å²) in [4.78, 5) is 4.21. The second-order valence-corrected chi connectivity index (χ2v) is 7.57. The van der Waals surface area contributed by atoms with E-state index >= 15 is 0 Å². The molecule has 0 aromatic carbocycles. The fourth-order valence-corrected chi connectivity index (χ4v) is 4.28. The van der Waals surface area contributed by atoms with Gasteiger partial charge in [0.05, 0.1) is 24.3 Å².